The number of ether oxygens (including phenoxy) is 1. The van der Waals surface area contributed by atoms with E-state index >= 15 is 4.39 Å². The number of allylic oxidation sites excluding steroid dienone is 4. The number of hydrogen-bond acceptors (Lipinski definition) is 8. The number of pyridine rings is 1. The lowest BCUT2D eigenvalue weighted by atomic mass is 9.49. The number of aliphatic hydroxyl groups excluding tert-OH is 1. The van der Waals surface area contributed by atoms with Crippen molar-refractivity contribution in [3.8, 4) is 0 Å². The molecule has 0 saturated heterocycles. The number of nitrogens with one attached hydrogen (secondary N) is 1. The highest BCUT2D eigenvalue weighted by Gasteiger charge is 2.65. The molecule has 4 unspecified atom stereocenters. The second-order valence-corrected chi connectivity index (χ2v) is 16.1. The number of rotatable bonds is 7. The van der Waals surface area contributed by atoms with Gasteiger partial charge < -0.3 is 20.3 Å². The van der Waals surface area contributed by atoms with Crippen molar-refractivity contribution in [3.63, 3.8) is 0 Å². The summed E-state index contributed by atoms with van der Waals surface area (Å²) in [6.07, 6.45) is 9.48. The minimum absolute atomic E-state index is 0.0121. The van der Waals surface area contributed by atoms with Crippen LogP contribution in [0.5, 0.6) is 0 Å². The first-order valence-corrected chi connectivity index (χ1v) is 18.3. The Kier molecular flexibility index (Phi) is 8.34. The van der Waals surface area contributed by atoms with Crippen LogP contribution in [0.25, 0.3) is 10.8 Å². The lowest BCUT2D eigenvalue weighted by Gasteiger charge is -2.57. The molecule has 0 aliphatic heterocycles. The molecule has 1 heterocycles. The summed E-state index contributed by atoms with van der Waals surface area (Å²) in [4.78, 5) is 56.1. The summed E-state index contributed by atoms with van der Waals surface area (Å²) in [5, 5.41) is 27.5. The number of benzene rings is 2. The number of amides is 1. The van der Waals surface area contributed by atoms with Crippen LogP contribution in [0.1, 0.15) is 68.3 Å². The van der Waals surface area contributed by atoms with E-state index < -0.39 is 41.4 Å². The molecule has 52 heavy (non-hydrogen) atoms. The van der Waals surface area contributed by atoms with Crippen molar-refractivity contribution in [2.75, 3.05) is 11.9 Å². The van der Waals surface area contributed by atoms with E-state index in [1.54, 1.807) is 54.7 Å². The van der Waals surface area contributed by atoms with Crippen molar-refractivity contribution in [2.24, 2.45) is 46.8 Å². The third-order valence-electron chi connectivity index (χ3n) is 13.3. The molecule has 3 N–H and O–H groups in total. The minimum atomic E-state index is -1.42. The van der Waals surface area contributed by atoms with Crippen LogP contribution in [0.15, 0.2) is 78.7 Å². The maximum absolute atomic E-state index is 15.1. The maximum atomic E-state index is 15.1. The first kappa shape index (κ1) is 34.5. The van der Waals surface area contributed by atoms with Crippen molar-refractivity contribution < 1.29 is 38.5 Å². The van der Waals surface area contributed by atoms with Gasteiger partial charge in [-0.05, 0) is 90.8 Å². The molecule has 10 heteroatoms. The number of anilines is 1. The molecule has 4 saturated carbocycles. The Morgan fingerprint density at radius 1 is 1.10 bits per heavy atom. The monoisotopic (exact) mass is 706 g/mol. The fraction of sp³-hybridized carbons (Fsp3) is 0.452. The van der Waals surface area contributed by atoms with E-state index in [0.717, 1.165) is 17.6 Å². The summed E-state index contributed by atoms with van der Waals surface area (Å²) in [5.74, 6) is -3.65. The van der Waals surface area contributed by atoms with Crippen LogP contribution >= 0.6 is 0 Å². The van der Waals surface area contributed by atoms with Crippen LogP contribution in [-0.4, -0.2) is 57.0 Å². The molecule has 2 aromatic carbocycles. The molecule has 3 aromatic rings. The van der Waals surface area contributed by atoms with Gasteiger partial charge >= 0.3 is 5.97 Å². The number of aromatic nitrogens is 1. The van der Waals surface area contributed by atoms with E-state index in [0.29, 0.717) is 23.6 Å². The van der Waals surface area contributed by atoms with Gasteiger partial charge in [-0.2, -0.15) is 0 Å². The normalized spacial score (nSPS) is 35.9. The number of carbonyl (C=O) groups is 4. The fourth-order valence-corrected chi connectivity index (χ4v) is 10.8. The van der Waals surface area contributed by atoms with Crippen LogP contribution < -0.4 is 5.32 Å². The molecular formula is C42H43FN2O7. The first-order valence-electron chi connectivity index (χ1n) is 18.3. The van der Waals surface area contributed by atoms with E-state index in [1.165, 1.54) is 12.3 Å². The standard InChI is InChI=1S/C42H43FN2O7/c1-21-16-30-29-10-9-26-17-27(46)12-14-41(26,3)37(29)32(47)18-42(30,51)36(21)33(48)20-52-40(50)24-6-4-23(5-7-24)34-22(2)35(34)39(49)45-31-11-8-25-19-44-15-13-28(25)38(31)43/h4-8,11-15,17,19,21-22,29-30,32,34-37,47,51H,9-10,16,18,20H2,1-3H3,(H,45,49)/t21-,22-,29+,30?,32+,34?,35?,36-,37?,41+,42-/m1/s1. The topological polar surface area (TPSA) is 143 Å². The summed E-state index contributed by atoms with van der Waals surface area (Å²) in [7, 11) is 0. The number of Topliss-reactive ketones (excluding diaryl/α,β-unsaturated/α-hetero) is 1. The quantitative estimate of drug-likeness (QED) is 0.256. The Bertz CT molecular complexity index is 2060. The summed E-state index contributed by atoms with van der Waals surface area (Å²) in [6, 6.07) is 11.6. The Hall–Kier alpha value is -4.54. The molecule has 0 spiro atoms. The molecule has 0 radical (unpaired) electrons. The highest BCUT2D eigenvalue weighted by molar-refractivity contribution is 6.01. The fourth-order valence-electron chi connectivity index (χ4n) is 10.8. The Balaban J connectivity index is 0.893. The molecule has 1 aromatic heterocycles. The van der Waals surface area contributed by atoms with E-state index in [-0.39, 0.29) is 76.6 Å². The molecular weight excluding hydrogens is 663 g/mol. The summed E-state index contributed by atoms with van der Waals surface area (Å²) in [5.41, 5.74) is 0.356. The summed E-state index contributed by atoms with van der Waals surface area (Å²) >= 11 is 0. The van der Waals surface area contributed by atoms with E-state index in [4.69, 9.17) is 4.74 Å². The lowest BCUT2D eigenvalue weighted by molar-refractivity contribution is -0.175. The van der Waals surface area contributed by atoms with Crippen molar-refractivity contribution in [1.29, 1.82) is 0 Å². The number of fused-ring (bicyclic) bond motifs is 6. The average molecular weight is 707 g/mol. The van der Waals surface area contributed by atoms with Gasteiger partial charge in [0.15, 0.2) is 24.0 Å². The number of ketones is 2. The zero-order chi connectivity index (χ0) is 36.7. The van der Waals surface area contributed by atoms with Crippen molar-refractivity contribution >= 4 is 39.9 Å². The SMILES string of the molecule is C[C@H]1C(C(=O)Nc2ccc3cnccc3c2F)C1c1ccc(C(=O)OCC(=O)[C@H]2[C@H](C)CC3[C@@H]4CCC5=CC(=O)C=C[C@]5(C)C4[C@@H](O)C[C@@]32O)cc1. The molecule has 5 aliphatic rings. The first-order chi connectivity index (χ1) is 24.8. The molecule has 11 atom stereocenters. The second kappa shape index (κ2) is 12.6. The molecule has 9 nitrogen and oxygen atoms in total. The maximum Gasteiger partial charge on any atom is 0.338 e. The summed E-state index contributed by atoms with van der Waals surface area (Å²) in [6.45, 7) is 5.47. The van der Waals surface area contributed by atoms with Crippen molar-refractivity contribution in [3.05, 3.63) is 95.6 Å². The number of nitrogens with zero attached hydrogens (tertiary/aromatic N) is 1. The molecule has 5 aliphatic carbocycles. The van der Waals surface area contributed by atoms with Crippen molar-refractivity contribution in [1.82, 2.24) is 4.98 Å². The van der Waals surface area contributed by atoms with Crippen LogP contribution in [0.2, 0.25) is 0 Å². The Morgan fingerprint density at radius 2 is 1.87 bits per heavy atom. The van der Waals surface area contributed by atoms with Crippen molar-refractivity contribution in [2.45, 2.75) is 64.1 Å². The van der Waals surface area contributed by atoms with Crippen LogP contribution in [0.3, 0.4) is 0 Å². The second-order valence-electron chi connectivity index (χ2n) is 16.1. The van der Waals surface area contributed by atoms with Gasteiger partial charge in [-0.15, -0.1) is 0 Å². The van der Waals surface area contributed by atoms with Crippen LogP contribution in [0.4, 0.5) is 10.1 Å². The van der Waals surface area contributed by atoms with E-state index in [9.17, 15) is 29.4 Å². The number of hydrogen-bond donors (Lipinski definition) is 3. The van der Waals surface area contributed by atoms with Gasteiger partial charge in [0.25, 0.3) is 0 Å². The largest absolute Gasteiger partial charge is 0.454 e. The number of carbonyl (C=O) groups excluding carboxylic acids is 4. The highest BCUT2D eigenvalue weighted by atomic mass is 19.1. The van der Waals surface area contributed by atoms with Crippen LogP contribution in [-0.2, 0) is 19.1 Å². The zero-order valence-electron chi connectivity index (χ0n) is 29.4. The third-order valence-corrected chi connectivity index (χ3v) is 13.3. The van der Waals surface area contributed by atoms with E-state index in [2.05, 4.69) is 17.2 Å². The number of halogens is 1. The molecule has 270 valence electrons. The lowest BCUT2D eigenvalue weighted by Crippen LogP contribution is -2.60. The molecule has 1 amide bonds. The van der Waals surface area contributed by atoms with Gasteiger partial charge in [-0.3, -0.25) is 19.4 Å². The van der Waals surface area contributed by atoms with Gasteiger partial charge in [0.05, 0.1) is 28.9 Å². The van der Waals surface area contributed by atoms with Gasteiger partial charge in [0, 0.05) is 46.8 Å². The molecule has 0 bridgehead atoms. The predicted octanol–water partition coefficient (Wildman–Crippen LogP) is 5.95. The Labute approximate surface area is 301 Å². The summed E-state index contributed by atoms with van der Waals surface area (Å²) < 4.78 is 20.6. The van der Waals surface area contributed by atoms with Gasteiger partial charge in [0.2, 0.25) is 5.91 Å². The Morgan fingerprint density at radius 3 is 2.63 bits per heavy atom. The minimum Gasteiger partial charge on any atom is -0.454 e. The molecule has 8 rings (SSSR count). The number of aliphatic hydroxyl groups is 2. The molecule has 4 fully saturated rings. The predicted molar refractivity (Wildman–Crippen MR) is 190 cm³/mol. The van der Waals surface area contributed by atoms with Gasteiger partial charge in [0.1, 0.15) is 0 Å². The van der Waals surface area contributed by atoms with Gasteiger partial charge in [-0.1, -0.05) is 50.6 Å². The third kappa shape index (κ3) is 5.45. The smallest absolute Gasteiger partial charge is 0.338 e. The zero-order valence-corrected chi connectivity index (χ0v) is 29.4. The van der Waals surface area contributed by atoms with Crippen LogP contribution in [0, 0.1) is 52.7 Å². The van der Waals surface area contributed by atoms with Gasteiger partial charge in [-0.25, -0.2) is 9.18 Å². The average Bonchev–Trinajstić information content (AvgIpc) is 3.72. The highest BCUT2D eigenvalue weighted by Crippen LogP contribution is 2.64. The van der Waals surface area contributed by atoms with E-state index in [1.807, 2.05) is 19.9 Å². The number of esters is 1.